The lowest BCUT2D eigenvalue weighted by molar-refractivity contribution is -0.132. The molecule has 1 aromatic carbocycles. The number of aromatic nitrogens is 2. The molecule has 3 amide bonds. The lowest BCUT2D eigenvalue weighted by atomic mass is 9.91. The van der Waals surface area contributed by atoms with Gasteiger partial charge >= 0.3 is 0 Å². The Morgan fingerprint density at radius 3 is 2.42 bits per heavy atom. The van der Waals surface area contributed by atoms with Crippen LogP contribution in [0.4, 0.5) is 10.1 Å². The van der Waals surface area contributed by atoms with Crippen LogP contribution in [-0.2, 0) is 22.6 Å². The van der Waals surface area contributed by atoms with E-state index >= 15 is 4.39 Å². The zero-order valence-electron chi connectivity index (χ0n) is 22.4. The number of carbonyl (C=O) groups is 3. The molecule has 1 aliphatic carbocycles. The van der Waals surface area contributed by atoms with Crippen LogP contribution in [0.3, 0.4) is 0 Å². The van der Waals surface area contributed by atoms with E-state index in [0.29, 0.717) is 30.9 Å². The quantitative estimate of drug-likeness (QED) is 0.515. The SMILES string of the molecule is CCn1nccc1C(=O)N[C@H](C(=O)Nc1ccc(CC(=O)N2CCN(C)CC2)cc1F)C1CCCCCC1. The van der Waals surface area contributed by atoms with E-state index in [1.807, 2.05) is 14.0 Å². The molecule has 4 rings (SSSR count). The van der Waals surface area contributed by atoms with E-state index in [2.05, 4.69) is 20.6 Å². The number of amides is 3. The number of halogens is 1. The Bertz CT molecular complexity index is 1120. The van der Waals surface area contributed by atoms with Crippen LogP contribution >= 0.6 is 0 Å². The molecule has 2 fully saturated rings. The molecule has 1 aromatic heterocycles. The number of aryl methyl sites for hydroxylation is 1. The van der Waals surface area contributed by atoms with Gasteiger partial charge in [0.05, 0.1) is 12.1 Å². The number of likely N-dealkylation sites (N-methyl/N-ethyl adjacent to an activating group) is 1. The normalized spacial score (nSPS) is 18.0. The first-order chi connectivity index (χ1) is 18.4. The van der Waals surface area contributed by atoms with Gasteiger partial charge in [0, 0.05) is 38.9 Å². The highest BCUT2D eigenvalue weighted by Gasteiger charge is 2.32. The summed E-state index contributed by atoms with van der Waals surface area (Å²) in [6, 6.07) is 5.31. The molecule has 2 N–H and O–H groups in total. The summed E-state index contributed by atoms with van der Waals surface area (Å²) in [5, 5.41) is 9.78. The smallest absolute Gasteiger partial charge is 0.270 e. The third kappa shape index (κ3) is 6.98. The van der Waals surface area contributed by atoms with E-state index in [4.69, 9.17) is 0 Å². The second kappa shape index (κ2) is 13.0. The number of anilines is 1. The molecule has 0 unspecified atom stereocenters. The number of nitrogens with zero attached hydrogens (tertiary/aromatic N) is 4. The highest BCUT2D eigenvalue weighted by molar-refractivity contribution is 6.00. The first-order valence-electron chi connectivity index (χ1n) is 13.7. The van der Waals surface area contributed by atoms with Crippen LogP contribution in [0.15, 0.2) is 30.5 Å². The molecule has 1 aliphatic heterocycles. The second-order valence-corrected chi connectivity index (χ2v) is 10.4. The predicted octanol–water partition coefficient (Wildman–Crippen LogP) is 3.07. The molecule has 2 heterocycles. The fraction of sp³-hybridized carbons (Fsp3) is 0.571. The van der Waals surface area contributed by atoms with Gasteiger partial charge in [0.1, 0.15) is 17.6 Å². The average Bonchev–Trinajstić information content (AvgIpc) is 3.23. The van der Waals surface area contributed by atoms with Gasteiger partial charge in [-0.1, -0.05) is 31.7 Å². The first kappa shape index (κ1) is 27.8. The van der Waals surface area contributed by atoms with Crippen molar-refractivity contribution in [2.75, 3.05) is 38.5 Å². The van der Waals surface area contributed by atoms with Gasteiger partial charge in [-0.25, -0.2) is 4.39 Å². The lowest BCUT2D eigenvalue weighted by Crippen LogP contribution is -2.49. The van der Waals surface area contributed by atoms with Crippen molar-refractivity contribution in [3.8, 4) is 0 Å². The maximum Gasteiger partial charge on any atom is 0.270 e. The number of rotatable bonds is 8. The Labute approximate surface area is 223 Å². The Morgan fingerprint density at radius 2 is 1.76 bits per heavy atom. The van der Waals surface area contributed by atoms with Crippen LogP contribution in [-0.4, -0.2) is 76.6 Å². The summed E-state index contributed by atoms with van der Waals surface area (Å²) in [6.45, 7) is 5.41. The standard InChI is InChI=1S/C28H39FN6O3/c1-3-35-24(12-13-30-35)27(37)32-26(21-8-6-4-5-7-9-21)28(38)31-23-11-10-20(18-22(23)29)19-25(36)34-16-14-33(2)15-17-34/h10-13,18,21,26H,3-9,14-17,19H2,1-2H3,(H,31,38)(H,32,37)/t26-/m0/s1. The molecule has 2 aromatic rings. The van der Waals surface area contributed by atoms with Crippen LogP contribution in [0.25, 0.3) is 0 Å². The first-order valence-corrected chi connectivity index (χ1v) is 13.7. The fourth-order valence-electron chi connectivity index (χ4n) is 5.36. The van der Waals surface area contributed by atoms with Crippen molar-refractivity contribution in [1.29, 1.82) is 0 Å². The minimum Gasteiger partial charge on any atom is -0.340 e. The minimum absolute atomic E-state index is 0.0308. The van der Waals surface area contributed by atoms with Crippen LogP contribution in [0.2, 0.25) is 0 Å². The van der Waals surface area contributed by atoms with Crippen LogP contribution in [0, 0.1) is 11.7 Å². The summed E-state index contributed by atoms with van der Waals surface area (Å²) in [6.07, 6.45) is 7.49. The Kier molecular flexibility index (Phi) is 9.49. The van der Waals surface area contributed by atoms with E-state index in [1.54, 1.807) is 27.9 Å². The van der Waals surface area contributed by atoms with Gasteiger partial charge in [0.15, 0.2) is 0 Å². The summed E-state index contributed by atoms with van der Waals surface area (Å²) in [5.74, 6) is -1.48. The van der Waals surface area contributed by atoms with Gasteiger partial charge < -0.3 is 20.4 Å². The van der Waals surface area contributed by atoms with E-state index in [0.717, 1.165) is 51.6 Å². The van der Waals surface area contributed by atoms with Crippen molar-refractivity contribution in [3.05, 3.63) is 47.5 Å². The highest BCUT2D eigenvalue weighted by Crippen LogP contribution is 2.27. The van der Waals surface area contributed by atoms with Crippen LogP contribution in [0.5, 0.6) is 0 Å². The maximum absolute atomic E-state index is 15.1. The molecule has 10 heteroatoms. The van der Waals surface area contributed by atoms with E-state index < -0.39 is 17.8 Å². The van der Waals surface area contributed by atoms with Crippen molar-refractivity contribution in [3.63, 3.8) is 0 Å². The molecule has 38 heavy (non-hydrogen) atoms. The van der Waals surface area contributed by atoms with Gasteiger partial charge in [-0.05, 0) is 56.5 Å². The Balaban J connectivity index is 1.45. The summed E-state index contributed by atoms with van der Waals surface area (Å²) >= 11 is 0. The summed E-state index contributed by atoms with van der Waals surface area (Å²) in [5.41, 5.74) is 0.989. The minimum atomic E-state index is -0.793. The van der Waals surface area contributed by atoms with Gasteiger partial charge in [0.25, 0.3) is 5.91 Å². The molecule has 1 saturated heterocycles. The van der Waals surface area contributed by atoms with Crippen molar-refractivity contribution in [2.24, 2.45) is 5.92 Å². The Morgan fingerprint density at radius 1 is 1.05 bits per heavy atom. The molecule has 9 nitrogen and oxygen atoms in total. The summed E-state index contributed by atoms with van der Waals surface area (Å²) in [4.78, 5) is 43.2. The number of benzene rings is 1. The van der Waals surface area contributed by atoms with Crippen molar-refractivity contribution in [2.45, 2.75) is 64.5 Å². The number of hydrogen-bond acceptors (Lipinski definition) is 5. The molecule has 206 valence electrons. The predicted molar refractivity (Wildman–Crippen MR) is 143 cm³/mol. The molecule has 0 radical (unpaired) electrons. The number of nitrogens with one attached hydrogen (secondary N) is 2. The maximum atomic E-state index is 15.1. The molecule has 1 atom stereocenters. The van der Waals surface area contributed by atoms with Crippen molar-refractivity contribution in [1.82, 2.24) is 24.9 Å². The molecule has 1 saturated carbocycles. The highest BCUT2D eigenvalue weighted by atomic mass is 19.1. The lowest BCUT2D eigenvalue weighted by Gasteiger charge is -2.32. The van der Waals surface area contributed by atoms with Gasteiger partial charge in [0.2, 0.25) is 11.8 Å². The van der Waals surface area contributed by atoms with Crippen LogP contribution < -0.4 is 10.6 Å². The summed E-state index contributed by atoms with van der Waals surface area (Å²) < 4.78 is 16.6. The average molecular weight is 527 g/mol. The van der Waals surface area contributed by atoms with E-state index in [1.165, 1.54) is 12.1 Å². The van der Waals surface area contributed by atoms with Gasteiger partial charge in [-0.3, -0.25) is 19.1 Å². The van der Waals surface area contributed by atoms with E-state index in [-0.39, 0.29) is 29.8 Å². The third-order valence-corrected chi connectivity index (χ3v) is 7.69. The molecule has 0 spiro atoms. The van der Waals surface area contributed by atoms with Crippen molar-refractivity contribution < 1.29 is 18.8 Å². The van der Waals surface area contributed by atoms with Gasteiger partial charge in [-0.15, -0.1) is 0 Å². The second-order valence-electron chi connectivity index (χ2n) is 10.4. The zero-order valence-corrected chi connectivity index (χ0v) is 22.4. The monoisotopic (exact) mass is 526 g/mol. The molecular weight excluding hydrogens is 487 g/mol. The third-order valence-electron chi connectivity index (χ3n) is 7.69. The van der Waals surface area contributed by atoms with Crippen molar-refractivity contribution >= 4 is 23.4 Å². The zero-order chi connectivity index (χ0) is 27.1. The molecular formula is C28H39FN6O3. The Hall–Kier alpha value is -3.27. The summed E-state index contributed by atoms with van der Waals surface area (Å²) in [7, 11) is 2.02. The van der Waals surface area contributed by atoms with E-state index in [9.17, 15) is 14.4 Å². The fourth-order valence-corrected chi connectivity index (χ4v) is 5.36. The number of carbonyl (C=O) groups excluding carboxylic acids is 3. The molecule has 2 aliphatic rings. The topological polar surface area (TPSA) is 99.6 Å². The largest absolute Gasteiger partial charge is 0.340 e. The number of hydrogen-bond donors (Lipinski definition) is 2. The number of piperazine rings is 1. The molecule has 0 bridgehead atoms. The van der Waals surface area contributed by atoms with Crippen LogP contribution in [0.1, 0.15) is 61.5 Å². The van der Waals surface area contributed by atoms with Gasteiger partial charge in [-0.2, -0.15) is 5.10 Å².